The number of hydrogen-bond donors (Lipinski definition) is 2. The molecule has 0 spiro atoms. The Morgan fingerprint density at radius 3 is 2.82 bits per heavy atom. The second-order valence-corrected chi connectivity index (χ2v) is 6.68. The highest BCUT2D eigenvalue weighted by atomic mass is 35.5. The molecule has 2 aromatic heterocycles. The quantitative estimate of drug-likeness (QED) is 0.674. The van der Waals surface area contributed by atoms with Gasteiger partial charge in [-0.25, -0.2) is 9.67 Å². The summed E-state index contributed by atoms with van der Waals surface area (Å²) >= 11 is 0. The number of fused-ring (bicyclic) bond motifs is 1. The average molecular weight is 404 g/mol. The molecule has 1 fully saturated rings. The summed E-state index contributed by atoms with van der Waals surface area (Å²) in [6, 6.07) is 7.06. The molecule has 2 N–H and O–H groups in total. The van der Waals surface area contributed by atoms with Crippen molar-refractivity contribution in [1.82, 2.24) is 29.6 Å². The van der Waals surface area contributed by atoms with Gasteiger partial charge in [-0.3, -0.25) is 19.5 Å². The molecule has 0 bridgehead atoms. The Balaban J connectivity index is 0.00000225. The molecular formula is C18H22ClN7O2. The molecule has 0 saturated carbocycles. The van der Waals surface area contributed by atoms with Gasteiger partial charge in [-0.1, -0.05) is 12.1 Å². The van der Waals surface area contributed by atoms with Gasteiger partial charge in [0.15, 0.2) is 5.82 Å². The zero-order chi connectivity index (χ0) is 18.8. The maximum atomic E-state index is 12.5. The fourth-order valence-electron chi connectivity index (χ4n) is 3.30. The highest BCUT2D eigenvalue weighted by molar-refractivity contribution is 5.89. The second-order valence-electron chi connectivity index (χ2n) is 6.68. The first-order valence-corrected chi connectivity index (χ1v) is 8.97. The van der Waals surface area contributed by atoms with Gasteiger partial charge in [-0.05, 0) is 38.1 Å². The third-order valence-corrected chi connectivity index (χ3v) is 4.78. The summed E-state index contributed by atoms with van der Waals surface area (Å²) in [6.07, 6.45) is 3.35. The number of piperidine rings is 1. The van der Waals surface area contributed by atoms with E-state index in [2.05, 4.69) is 25.7 Å². The van der Waals surface area contributed by atoms with Gasteiger partial charge in [0.1, 0.15) is 6.54 Å². The first-order chi connectivity index (χ1) is 13.1. The maximum absolute atomic E-state index is 12.5. The van der Waals surface area contributed by atoms with Crippen LogP contribution in [0.1, 0.15) is 24.6 Å². The molecule has 1 aromatic carbocycles. The van der Waals surface area contributed by atoms with Crippen LogP contribution in [0.2, 0.25) is 0 Å². The Morgan fingerprint density at radius 2 is 2.04 bits per heavy atom. The Kier molecular flexibility index (Phi) is 6.05. The number of carbonyl (C=O) groups is 1. The minimum Gasteiger partial charge on any atom is -0.317 e. The summed E-state index contributed by atoms with van der Waals surface area (Å²) in [7, 11) is 1.75. The molecule has 1 aliphatic heterocycles. The molecule has 28 heavy (non-hydrogen) atoms. The van der Waals surface area contributed by atoms with Crippen molar-refractivity contribution < 1.29 is 4.79 Å². The number of hydrogen-bond acceptors (Lipinski definition) is 6. The molecule has 9 nitrogen and oxygen atoms in total. The lowest BCUT2D eigenvalue weighted by Gasteiger charge is -2.19. The van der Waals surface area contributed by atoms with Crippen LogP contribution in [-0.2, 0) is 18.4 Å². The number of anilines is 1. The van der Waals surface area contributed by atoms with Crippen LogP contribution in [0.3, 0.4) is 0 Å². The van der Waals surface area contributed by atoms with Crippen molar-refractivity contribution in [2.24, 2.45) is 7.05 Å². The van der Waals surface area contributed by atoms with E-state index in [4.69, 9.17) is 0 Å². The van der Waals surface area contributed by atoms with Crippen LogP contribution in [0.15, 0.2) is 35.4 Å². The fourth-order valence-corrected chi connectivity index (χ4v) is 3.30. The van der Waals surface area contributed by atoms with Crippen molar-refractivity contribution in [2.75, 3.05) is 18.4 Å². The summed E-state index contributed by atoms with van der Waals surface area (Å²) in [5, 5.41) is 11.0. The topological polar surface area (TPSA) is 107 Å². The summed E-state index contributed by atoms with van der Waals surface area (Å²) in [5.41, 5.74) is 0.364. The van der Waals surface area contributed by atoms with E-state index in [0.717, 1.165) is 31.8 Å². The Hall–Kier alpha value is -2.78. The molecule has 4 rings (SSSR count). The molecule has 1 saturated heterocycles. The Bertz CT molecular complexity index is 1040. The first-order valence-electron chi connectivity index (χ1n) is 8.97. The van der Waals surface area contributed by atoms with Gasteiger partial charge in [0.05, 0.1) is 17.2 Å². The zero-order valence-electron chi connectivity index (χ0n) is 15.5. The molecule has 3 aromatic rings. The molecule has 10 heteroatoms. The SMILES string of the molecule is Cl.Cn1nc(C2CCNCC2)nc1NC(=O)Cn1cnc2ccccc2c1=O. The molecule has 148 valence electrons. The number of para-hydroxylation sites is 1. The lowest BCUT2D eigenvalue weighted by Crippen LogP contribution is -2.28. The number of halogens is 1. The van der Waals surface area contributed by atoms with Crippen LogP contribution in [0, 0.1) is 0 Å². The van der Waals surface area contributed by atoms with Crippen LogP contribution in [-0.4, -0.2) is 43.3 Å². The van der Waals surface area contributed by atoms with Gasteiger partial charge in [-0.15, -0.1) is 12.4 Å². The summed E-state index contributed by atoms with van der Waals surface area (Å²) in [5.74, 6) is 1.09. The van der Waals surface area contributed by atoms with E-state index in [9.17, 15) is 9.59 Å². The third kappa shape index (κ3) is 4.05. The second kappa shape index (κ2) is 8.49. The Morgan fingerprint density at radius 1 is 1.29 bits per heavy atom. The minimum absolute atomic E-state index is 0. The number of nitrogens with zero attached hydrogens (tertiary/aromatic N) is 5. The van der Waals surface area contributed by atoms with Gasteiger partial charge < -0.3 is 5.32 Å². The summed E-state index contributed by atoms with van der Waals surface area (Å²) in [6.45, 7) is 1.76. The average Bonchev–Trinajstić information content (AvgIpc) is 3.05. The van der Waals surface area contributed by atoms with Gasteiger partial charge in [0, 0.05) is 13.0 Å². The van der Waals surface area contributed by atoms with Crippen LogP contribution < -0.4 is 16.2 Å². The number of rotatable bonds is 4. The van der Waals surface area contributed by atoms with E-state index in [1.165, 1.54) is 10.9 Å². The maximum Gasteiger partial charge on any atom is 0.261 e. The fraction of sp³-hybridized carbons (Fsp3) is 0.389. The van der Waals surface area contributed by atoms with Crippen LogP contribution in [0.25, 0.3) is 10.9 Å². The lowest BCUT2D eigenvalue weighted by molar-refractivity contribution is -0.116. The normalized spacial score (nSPS) is 14.6. The van der Waals surface area contributed by atoms with Crippen LogP contribution in [0.4, 0.5) is 5.95 Å². The molecule has 3 heterocycles. The minimum atomic E-state index is -0.346. The number of carbonyl (C=O) groups excluding carboxylic acids is 1. The van der Waals surface area contributed by atoms with E-state index in [1.807, 2.05) is 6.07 Å². The molecule has 0 atom stereocenters. The largest absolute Gasteiger partial charge is 0.317 e. The monoisotopic (exact) mass is 403 g/mol. The van der Waals surface area contributed by atoms with E-state index < -0.39 is 0 Å². The smallest absolute Gasteiger partial charge is 0.261 e. The highest BCUT2D eigenvalue weighted by Gasteiger charge is 2.21. The van der Waals surface area contributed by atoms with Crippen molar-refractivity contribution in [3.8, 4) is 0 Å². The predicted octanol–water partition coefficient (Wildman–Crippen LogP) is 1.05. The number of amides is 1. The van der Waals surface area contributed by atoms with E-state index >= 15 is 0 Å². The van der Waals surface area contributed by atoms with Crippen LogP contribution >= 0.6 is 12.4 Å². The van der Waals surface area contributed by atoms with Crippen molar-refractivity contribution in [1.29, 1.82) is 0 Å². The lowest BCUT2D eigenvalue weighted by atomic mass is 9.98. The van der Waals surface area contributed by atoms with Gasteiger partial charge >= 0.3 is 0 Å². The van der Waals surface area contributed by atoms with E-state index in [-0.39, 0.29) is 30.4 Å². The van der Waals surface area contributed by atoms with Crippen LogP contribution in [0.5, 0.6) is 0 Å². The number of benzene rings is 1. The third-order valence-electron chi connectivity index (χ3n) is 4.78. The van der Waals surface area contributed by atoms with Gasteiger partial charge in [0.25, 0.3) is 5.56 Å². The first kappa shape index (κ1) is 20.0. The number of nitrogens with one attached hydrogen (secondary N) is 2. The predicted molar refractivity (Wildman–Crippen MR) is 108 cm³/mol. The zero-order valence-corrected chi connectivity index (χ0v) is 16.3. The van der Waals surface area contributed by atoms with E-state index in [0.29, 0.717) is 22.8 Å². The number of aromatic nitrogens is 5. The number of aryl methyl sites for hydroxylation is 1. The van der Waals surface area contributed by atoms with Gasteiger partial charge in [0.2, 0.25) is 11.9 Å². The summed E-state index contributed by atoms with van der Waals surface area (Å²) in [4.78, 5) is 33.6. The standard InChI is InChI=1S/C18H21N7O2.ClH/c1-24-18(22-16(23-24)12-6-8-19-9-7-12)21-15(26)10-25-11-20-14-5-3-2-4-13(14)17(25)27;/h2-5,11-12,19H,6-10H2,1H3,(H,21,22,23,26);1H. The van der Waals surface area contributed by atoms with Crippen molar-refractivity contribution in [2.45, 2.75) is 25.3 Å². The highest BCUT2D eigenvalue weighted by Crippen LogP contribution is 2.23. The van der Waals surface area contributed by atoms with E-state index in [1.54, 1.807) is 29.9 Å². The molecule has 0 unspecified atom stereocenters. The molecular weight excluding hydrogens is 382 g/mol. The molecule has 0 aliphatic carbocycles. The van der Waals surface area contributed by atoms with Crippen molar-refractivity contribution in [3.63, 3.8) is 0 Å². The molecule has 1 aliphatic rings. The summed E-state index contributed by atoms with van der Waals surface area (Å²) < 4.78 is 2.86. The van der Waals surface area contributed by atoms with Crippen molar-refractivity contribution >= 4 is 35.2 Å². The van der Waals surface area contributed by atoms with Gasteiger partial charge in [-0.2, -0.15) is 10.1 Å². The van der Waals surface area contributed by atoms with Crippen molar-refractivity contribution in [3.05, 3.63) is 46.8 Å². The molecule has 0 radical (unpaired) electrons. The Labute approximate surface area is 167 Å². The molecule has 1 amide bonds.